The highest BCUT2D eigenvalue weighted by atomic mass is 32.2. The van der Waals surface area contributed by atoms with E-state index in [9.17, 15) is 8.42 Å². The van der Waals surface area contributed by atoms with Gasteiger partial charge in [0.2, 0.25) is 0 Å². The molecule has 19 heavy (non-hydrogen) atoms. The van der Waals surface area contributed by atoms with Crippen molar-refractivity contribution in [2.75, 3.05) is 11.4 Å². The molecule has 3 nitrogen and oxygen atoms in total. The molecule has 0 N–H and O–H groups in total. The summed E-state index contributed by atoms with van der Waals surface area (Å²) in [6.07, 6.45) is 0. The maximum Gasteiger partial charge on any atom is 0.264 e. The van der Waals surface area contributed by atoms with E-state index in [1.807, 2.05) is 25.1 Å². The molecule has 0 saturated heterocycles. The van der Waals surface area contributed by atoms with E-state index < -0.39 is 10.0 Å². The molecular weight excluding hydrogens is 265 g/mol. The lowest BCUT2D eigenvalue weighted by Gasteiger charge is -2.19. The molecule has 0 saturated carbocycles. The second-order valence-electron chi connectivity index (χ2n) is 4.12. The van der Waals surface area contributed by atoms with Crippen LogP contribution in [0.15, 0.2) is 59.5 Å². The van der Waals surface area contributed by atoms with Crippen molar-refractivity contribution >= 4 is 15.7 Å². The van der Waals surface area contributed by atoms with Crippen molar-refractivity contribution in [3.8, 4) is 0 Å². The molecule has 0 atom stereocenters. The van der Waals surface area contributed by atoms with Crippen LogP contribution in [0.4, 0.5) is 5.69 Å². The maximum atomic E-state index is 12.4. The standard InChI is InChI=1S/C14H15NO2S.FH/c1-12-8-10-14(11-9-12)18(16,17)15(2)13-6-4-3-5-7-13;/h3-11H,1-2H3;1H/p-1. The zero-order valence-electron chi connectivity index (χ0n) is 10.7. The monoisotopic (exact) mass is 280 g/mol. The zero-order chi connectivity index (χ0) is 13.2. The number of nitrogens with zero attached hydrogens (tertiary/aromatic N) is 1. The summed E-state index contributed by atoms with van der Waals surface area (Å²) in [5.41, 5.74) is 1.69. The summed E-state index contributed by atoms with van der Waals surface area (Å²) in [7, 11) is -1.92. The largest absolute Gasteiger partial charge is 1.00 e. The summed E-state index contributed by atoms with van der Waals surface area (Å²) in [4.78, 5) is 0.305. The molecule has 2 rings (SSSR count). The van der Waals surface area contributed by atoms with Gasteiger partial charge in [0.05, 0.1) is 10.6 Å². The Morgan fingerprint density at radius 2 is 1.42 bits per heavy atom. The van der Waals surface area contributed by atoms with Crippen molar-refractivity contribution in [2.45, 2.75) is 11.8 Å². The number of rotatable bonds is 3. The van der Waals surface area contributed by atoms with Crippen LogP contribution in [0.3, 0.4) is 0 Å². The number of sulfonamides is 1. The molecule has 0 heterocycles. The normalized spacial score (nSPS) is 10.6. The Labute approximate surface area is 112 Å². The third kappa shape index (κ3) is 3.12. The van der Waals surface area contributed by atoms with Crippen LogP contribution < -0.4 is 9.01 Å². The number of aryl methyl sites for hydroxylation is 1. The molecule has 5 heteroatoms. The molecule has 0 fully saturated rings. The third-order valence-corrected chi connectivity index (χ3v) is 4.60. The first kappa shape index (κ1) is 15.2. The Kier molecular flexibility index (Phi) is 4.67. The average molecular weight is 280 g/mol. The smallest absolute Gasteiger partial charge is 0.264 e. The molecule has 0 amide bonds. The summed E-state index contributed by atoms with van der Waals surface area (Å²) < 4.78 is 26.0. The van der Waals surface area contributed by atoms with Gasteiger partial charge >= 0.3 is 0 Å². The summed E-state index contributed by atoms with van der Waals surface area (Å²) in [5, 5.41) is 0. The molecule has 0 unspecified atom stereocenters. The molecule has 0 aromatic heterocycles. The Morgan fingerprint density at radius 3 is 1.95 bits per heavy atom. The molecular formula is C14H15FNO2S-. The molecule has 0 aliphatic heterocycles. The van der Waals surface area contributed by atoms with Crippen molar-refractivity contribution in [2.24, 2.45) is 0 Å². The van der Waals surface area contributed by atoms with Gasteiger partial charge in [-0.15, -0.1) is 0 Å². The van der Waals surface area contributed by atoms with Gasteiger partial charge in [-0.2, -0.15) is 0 Å². The number of benzene rings is 2. The lowest BCUT2D eigenvalue weighted by atomic mass is 10.2. The van der Waals surface area contributed by atoms with Crippen LogP contribution >= 0.6 is 0 Å². The molecule has 0 radical (unpaired) electrons. The van der Waals surface area contributed by atoms with Gasteiger partial charge in [-0.1, -0.05) is 35.9 Å². The fourth-order valence-corrected chi connectivity index (χ4v) is 2.84. The van der Waals surface area contributed by atoms with Gasteiger partial charge in [-0.3, -0.25) is 4.31 Å². The van der Waals surface area contributed by atoms with Gasteiger partial charge < -0.3 is 4.70 Å². The number of para-hydroxylation sites is 1. The number of hydrogen-bond acceptors (Lipinski definition) is 2. The predicted octanol–water partition coefficient (Wildman–Crippen LogP) is -0.176. The lowest BCUT2D eigenvalue weighted by molar-refractivity contribution is -0.00000606. The Morgan fingerprint density at radius 1 is 0.895 bits per heavy atom. The Bertz CT molecular complexity index is 624. The van der Waals surface area contributed by atoms with Crippen LogP contribution in [-0.4, -0.2) is 15.5 Å². The van der Waals surface area contributed by atoms with E-state index in [1.54, 1.807) is 43.4 Å². The summed E-state index contributed by atoms with van der Waals surface area (Å²) in [5.74, 6) is 0. The van der Waals surface area contributed by atoms with Gasteiger partial charge in [0.15, 0.2) is 0 Å². The van der Waals surface area contributed by atoms with Crippen molar-refractivity contribution in [1.82, 2.24) is 0 Å². The predicted molar refractivity (Wildman–Crippen MR) is 73.2 cm³/mol. The zero-order valence-corrected chi connectivity index (χ0v) is 11.6. The van der Waals surface area contributed by atoms with Crippen molar-refractivity contribution in [3.05, 3.63) is 60.2 Å². The first-order valence-electron chi connectivity index (χ1n) is 5.62. The van der Waals surface area contributed by atoms with Gasteiger partial charge in [0.25, 0.3) is 10.0 Å². The van der Waals surface area contributed by atoms with Gasteiger partial charge in [0, 0.05) is 7.05 Å². The van der Waals surface area contributed by atoms with E-state index in [1.165, 1.54) is 4.31 Å². The molecule has 0 bridgehead atoms. The lowest BCUT2D eigenvalue weighted by Crippen LogP contribution is -3.00. The topological polar surface area (TPSA) is 37.4 Å². The Balaban J connectivity index is 0.00000180. The summed E-state index contributed by atoms with van der Waals surface area (Å²) in [6.45, 7) is 1.93. The fourth-order valence-electron chi connectivity index (χ4n) is 1.65. The summed E-state index contributed by atoms with van der Waals surface area (Å²) in [6, 6.07) is 15.9. The number of halogens is 1. The van der Waals surface area contributed by atoms with Crippen LogP contribution in [0.5, 0.6) is 0 Å². The van der Waals surface area contributed by atoms with Crippen LogP contribution in [0.25, 0.3) is 0 Å². The van der Waals surface area contributed by atoms with E-state index in [-0.39, 0.29) is 4.70 Å². The van der Waals surface area contributed by atoms with Crippen LogP contribution in [0, 0.1) is 6.92 Å². The Hall–Kier alpha value is -1.88. The molecule has 0 aliphatic rings. The quantitative estimate of drug-likeness (QED) is 0.782. The van der Waals surface area contributed by atoms with Crippen LogP contribution in [-0.2, 0) is 10.0 Å². The molecule has 0 aliphatic carbocycles. The first-order valence-corrected chi connectivity index (χ1v) is 7.06. The highest BCUT2D eigenvalue weighted by Crippen LogP contribution is 2.21. The molecule has 0 spiro atoms. The van der Waals surface area contributed by atoms with Crippen molar-refractivity contribution < 1.29 is 13.1 Å². The van der Waals surface area contributed by atoms with Crippen molar-refractivity contribution in [3.63, 3.8) is 0 Å². The molecule has 102 valence electrons. The minimum Gasteiger partial charge on any atom is -1.00 e. The summed E-state index contributed by atoms with van der Waals surface area (Å²) >= 11 is 0. The van der Waals surface area contributed by atoms with Crippen LogP contribution in [0.2, 0.25) is 0 Å². The van der Waals surface area contributed by atoms with E-state index >= 15 is 0 Å². The minimum atomic E-state index is -3.48. The highest BCUT2D eigenvalue weighted by molar-refractivity contribution is 7.92. The molecule has 2 aromatic rings. The second-order valence-corrected chi connectivity index (χ2v) is 6.09. The van der Waals surface area contributed by atoms with Crippen LogP contribution in [0.1, 0.15) is 5.56 Å². The van der Waals surface area contributed by atoms with Gasteiger partial charge in [-0.25, -0.2) is 8.42 Å². The van der Waals surface area contributed by atoms with Gasteiger partial charge in [0.1, 0.15) is 0 Å². The maximum absolute atomic E-state index is 12.4. The van der Waals surface area contributed by atoms with Crippen molar-refractivity contribution in [1.29, 1.82) is 0 Å². The van der Waals surface area contributed by atoms with E-state index in [2.05, 4.69) is 0 Å². The minimum absolute atomic E-state index is 0. The highest BCUT2D eigenvalue weighted by Gasteiger charge is 2.20. The van der Waals surface area contributed by atoms with E-state index in [0.29, 0.717) is 10.6 Å². The third-order valence-electron chi connectivity index (χ3n) is 2.80. The number of hydrogen-bond donors (Lipinski definition) is 0. The van der Waals surface area contributed by atoms with E-state index in [0.717, 1.165) is 5.56 Å². The van der Waals surface area contributed by atoms with E-state index in [4.69, 9.17) is 0 Å². The number of anilines is 1. The fraction of sp³-hybridized carbons (Fsp3) is 0.143. The van der Waals surface area contributed by atoms with Gasteiger partial charge in [-0.05, 0) is 31.2 Å². The first-order chi connectivity index (χ1) is 8.51. The second kappa shape index (κ2) is 5.84. The average Bonchev–Trinajstić information content (AvgIpc) is 2.39. The molecule has 2 aromatic carbocycles. The SMILES string of the molecule is Cc1ccc(S(=O)(=O)N(C)c2ccccc2)cc1.[F-].